The molecule has 3 aliphatic rings. The number of thioether (sulfide) groups is 8. The van der Waals surface area contributed by atoms with E-state index in [2.05, 4.69) is 37.2 Å². The van der Waals surface area contributed by atoms with E-state index in [9.17, 15) is 0 Å². The van der Waals surface area contributed by atoms with Gasteiger partial charge in [0.1, 0.15) is 0 Å². The van der Waals surface area contributed by atoms with Crippen molar-refractivity contribution in [1.82, 2.24) is 0 Å². The van der Waals surface area contributed by atoms with Gasteiger partial charge in [0, 0.05) is 0 Å². The highest BCUT2D eigenvalue weighted by atomic mass is 32.3. The van der Waals surface area contributed by atoms with Crippen molar-refractivity contribution in [2.75, 3.05) is 25.0 Å². The molecule has 1 aliphatic carbocycles. The Morgan fingerprint density at radius 2 is 0.875 bits per heavy atom. The second kappa shape index (κ2) is 9.62. The predicted octanol–water partition coefficient (Wildman–Crippen LogP) is 8.42. The van der Waals surface area contributed by atoms with Crippen LogP contribution < -0.4 is 0 Å². The lowest BCUT2D eigenvalue weighted by Gasteiger charge is -2.15. The molecular weight excluding hydrogens is 449 g/mol. The van der Waals surface area contributed by atoms with E-state index in [1.54, 1.807) is 0 Å². The van der Waals surface area contributed by atoms with Crippen molar-refractivity contribution in [2.24, 2.45) is 0 Å². The average Bonchev–Trinajstić information content (AvgIpc) is 3.25. The van der Waals surface area contributed by atoms with Crippen LogP contribution in [0.5, 0.6) is 0 Å². The molecule has 0 unspecified atom stereocenters. The SMILES string of the molecule is CSC1=C(SC)SC(=C2C=CC(=C3SC(SC)=C(SC)S3)CC2)S1. The molecule has 2 aliphatic heterocycles. The van der Waals surface area contributed by atoms with E-state index in [-0.39, 0.29) is 0 Å². The molecule has 0 nitrogen and oxygen atoms in total. The van der Waals surface area contributed by atoms with E-state index < -0.39 is 0 Å². The third kappa shape index (κ3) is 4.49. The molecule has 2 heterocycles. The van der Waals surface area contributed by atoms with E-state index in [1.165, 1.54) is 36.6 Å². The van der Waals surface area contributed by atoms with Gasteiger partial charge in [-0.1, -0.05) is 59.2 Å². The highest BCUT2D eigenvalue weighted by molar-refractivity contribution is 8.41. The molecule has 130 valence electrons. The number of hydrogen-bond acceptors (Lipinski definition) is 8. The molecule has 3 rings (SSSR count). The molecule has 0 aromatic carbocycles. The molecular formula is C16H18S8. The van der Waals surface area contributed by atoms with Crippen LogP contribution >= 0.6 is 94.1 Å². The summed E-state index contributed by atoms with van der Waals surface area (Å²) in [5, 5.41) is 0. The van der Waals surface area contributed by atoms with Gasteiger partial charge in [-0.25, -0.2) is 0 Å². The van der Waals surface area contributed by atoms with Crippen LogP contribution in [0.2, 0.25) is 0 Å². The summed E-state index contributed by atoms with van der Waals surface area (Å²) >= 11 is 15.4. The topological polar surface area (TPSA) is 0 Å². The normalized spacial score (nSPS) is 21.8. The Morgan fingerprint density at radius 1 is 0.583 bits per heavy atom. The summed E-state index contributed by atoms with van der Waals surface area (Å²) in [5.74, 6) is 0. The molecule has 0 aromatic heterocycles. The third-order valence-electron chi connectivity index (χ3n) is 3.49. The Labute approximate surface area is 179 Å². The highest BCUT2D eigenvalue weighted by Crippen LogP contribution is 2.60. The second-order valence-electron chi connectivity index (χ2n) is 4.83. The van der Waals surface area contributed by atoms with Crippen LogP contribution in [0.1, 0.15) is 12.8 Å². The lowest BCUT2D eigenvalue weighted by Crippen LogP contribution is -1.93. The summed E-state index contributed by atoms with van der Waals surface area (Å²) in [6, 6.07) is 0. The van der Waals surface area contributed by atoms with E-state index in [0.29, 0.717) is 0 Å². The first-order valence-electron chi connectivity index (χ1n) is 7.20. The van der Waals surface area contributed by atoms with Crippen LogP contribution in [0.4, 0.5) is 0 Å². The highest BCUT2D eigenvalue weighted by Gasteiger charge is 2.26. The van der Waals surface area contributed by atoms with Gasteiger partial charge >= 0.3 is 0 Å². The molecule has 0 amide bonds. The molecule has 0 aromatic rings. The molecule has 24 heavy (non-hydrogen) atoms. The second-order valence-corrected chi connectivity index (χ2v) is 13.7. The molecule has 0 N–H and O–H groups in total. The van der Waals surface area contributed by atoms with E-state index in [4.69, 9.17) is 0 Å². The fraction of sp³-hybridized carbons (Fsp3) is 0.375. The van der Waals surface area contributed by atoms with Crippen molar-refractivity contribution in [1.29, 1.82) is 0 Å². The number of rotatable bonds is 4. The predicted molar refractivity (Wildman–Crippen MR) is 131 cm³/mol. The Hall–Kier alpha value is 1.50. The van der Waals surface area contributed by atoms with E-state index in [1.807, 2.05) is 94.1 Å². The maximum atomic E-state index is 2.36. The van der Waals surface area contributed by atoms with Gasteiger partial charge in [-0.05, 0) is 49.0 Å². The van der Waals surface area contributed by atoms with Crippen LogP contribution in [-0.4, -0.2) is 25.0 Å². The summed E-state index contributed by atoms with van der Waals surface area (Å²) in [6.45, 7) is 0. The fourth-order valence-corrected chi connectivity index (χ4v) is 12.5. The van der Waals surface area contributed by atoms with E-state index in [0.717, 1.165) is 12.8 Å². The lowest BCUT2D eigenvalue weighted by atomic mass is 10.00. The van der Waals surface area contributed by atoms with Gasteiger partial charge in [0.25, 0.3) is 0 Å². The summed E-state index contributed by atoms with van der Waals surface area (Å²) < 4.78 is 8.84. The smallest absolute Gasteiger partial charge is 0.0657 e. The van der Waals surface area contributed by atoms with Crippen molar-refractivity contribution in [3.05, 3.63) is 48.7 Å². The molecule has 0 atom stereocenters. The lowest BCUT2D eigenvalue weighted by molar-refractivity contribution is 0.949. The van der Waals surface area contributed by atoms with Gasteiger partial charge < -0.3 is 0 Å². The zero-order valence-electron chi connectivity index (χ0n) is 13.8. The van der Waals surface area contributed by atoms with Gasteiger partial charge in [-0.3, -0.25) is 0 Å². The largest absolute Gasteiger partial charge is 0.121 e. The number of allylic oxidation sites excluding steroid dienone is 4. The zero-order chi connectivity index (χ0) is 17.1. The van der Waals surface area contributed by atoms with Crippen molar-refractivity contribution in [3.8, 4) is 0 Å². The fourth-order valence-electron chi connectivity index (χ4n) is 2.28. The minimum atomic E-state index is 1.16. The maximum absolute atomic E-state index is 2.36. The first-order valence-corrected chi connectivity index (χ1v) is 15.4. The van der Waals surface area contributed by atoms with Crippen molar-refractivity contribution >= 4 is 94.1 Å². The molecule has 0 spiro atoms. The van der Waals surface area contributed by atoms with Gasteiger partial charge in [0.2, 0.25) is 0 Å². The van der Waals surface area contributed by atoms with Crippen LogP contribution in [0.15, 0.2) is 48.7 Å². The Balaban J connectivity index is 1.74. The minimum Gasteiger partial charge on any atom is -0.121 e. The van der Waals surface area contributed by atoms with Crippen LogP contribution in [0.25, 0.3) is 0 Å². The van der Waals surface area contributed by atoms with Gasteiger partial charge in [0.05, 0.1) is 25.4 Å². The van der Waals surface area contributed by atoms with E-state index >= 15 is 0 Å². The Morgan fingerprint density at radius 3 is 1.08 bits per heavy atom. The summed E-state index contributed by atoms with van der Waals surface area (Å²) in [5.41, 5.74) is 3.03. The van der Waals surface area contributed by atoms with Crippen LogP contribution in [0, 0.1) is 0 Å². The third-order valence-corrected chi connectivity index (χ3v) is 14.2. The Bertz CT molecular complexity index is 586. The van der Waals surface area contributed by atoms with Crippen LogP contribution in [-0.2, 0) is 0 Å². The molecule has 0 saturated heterocycles. The minimum absolute atomic E-state index is 1.16. The summed E-state index contributed by atoms with van der Waals surface area (Å²) in [6.07, 6.45) is 15.8. The van der Waals surface area contributed by atoms with Crippen molar-refractivity contribution < 1.29 is 0 Å². The van der Waals surface area contributed by atoms with Gasteiger partial charge in [-0.2, -0.15) is 0 Å². The molecule has 0 bridgehead atoms. The quantitative estimate of drug-likeness (QED) is 0.399. The van der Waals surface area contributed by atoms with Gasteiger partial charge in [-0.15, -0.1) is 47.0 Å². The van der Waals surface area contributed by atoms with Crippen molar-refractivity contribution in [2.45, 2.75) is 12.8 Å². The van der Waals surface area contributed by atoms with Crippen molar-refractivity contribution in [3.63, 3.8) is 0 Å². The molecule has 0 radical (unpaired) electrons. The standard InChI is InChI=1S/C16H18S8/c1-17-13-14(18-2)22-11(21-13)9-5-7-10(8-6-9)12-23-15(19-3)16(20-4)24-12/h5,7H,6,8H2,1-4H3. The first-order chi connectivity index (χ1) is 11.7. The first kappa shape index (κ1) is 20.2. The van der Waals surface area contributed by atoms with Gasteiger partial charge in [0.15, 0.2) is 0 Å². The Kier molecular flexibility index (Phi) is 8.11. The maximum Gasteiger partial charge on any atom is 0.0657 e. The summed E-state index contributed by atoms with van der Waals surface area (Å²) in [4.78, 5) is 0. The molecule has 0 fully saturated rings. The average molecular weight is 467 g/mol. The molecule has 0 saturated carbocycles. The summed E-state index contributed by atoms with van der Waals surface area (Å²) in [7, 11) is 0. The molecule has 8 heteroatoms. The van der Waals surface area contributed by atoms with Crippen LogP contribution in [0.3, 0.4) is 0 Å². The zero-order valence-corrected chi connectivity index (χ0v) is 20.4. The number of hydrogen-bond donors (Lipinski definition) is 0. The monoisotopic (exact) mass is 466 g/mol.